The van der Waals surface area contributed by atoms with Crippen LogP contribution < -0.4 is 0 Å². The van der Waals surface area contributed by atoms with Gasteiger partial charge in [-0.15, -0.1) is 0 Å². The zero-order valence-corrected chi connectivity index (χ0v) is 6.29. The third-order valence-corrected chi connectivity index (χ3v) is 1.24. The van der Waals surface area contributed by atoms with E-state index in [0.717, 1.165) is 17.9 Å². The fourth-order valence-corrected chi connectivity index (χ4v) is 0.702. The first kappa shape index (κ1) is 7.06. The van der Waals surface area contributed by atoms with Gasteiger partial charge in [0.1, 0.15) is 11.4 Å². The first-order valence-electron chi connectivity index (χ1n) is 3.41. The zero-order valence-electron chi connectivity index (χ0n) is 6.29. The van der Waals surface area contributed by atoms with Crippen molar-refractivity contribution < 1.29 is 4.42 Å². The maximum absolute atomic E-state index is 5.05. The van der Waals surface area contributed by atoms with Gasteiger partial charge in [0.15, 0.2) is 0 Å². The molecule has 0 fully saturated rings. The summed E-state index contributed by atoms with van der Waals surface area (Å²) in [6, 6.07) is 1.86. The Hall–Kier alpha value is -1.05. The molecule has 2 heteroatoms. The van der Waals surface area contributed by atoms with Gasteiger partial charge in [0, 0.05) is 12.3 Å². The standard InChI is InChI=1S/C8H11NO/c1-3-5-9-8-4-6-10-7(8)2/h4-6H,3H2,1-2H3/b9-5-. The average Bonchev–Trinajstić information content (AvgIpc) is 2.31. The Morgan fingerprint density at radius 3 is 3.00 bits per heavy atom. The Labute approximate surface area is 60.6 Å². The second-order valence-electron chi connectivity index (χ2n) is 2.08. The molecule has 0 saturated heterocycles. The molecule has 0 N–H and O–H groups in total. The highest BCUT2D eigenvalue weighted by Gasteiger charge is 1.94. The minimum absolute atomic E-state index is 0.879. The van der Waals surface area contributed by atoms with E-state index >= 15 is 0 Å². The molecule has 0 atom stereocenters. The fourth-order valence-electron chi connectivity index (χ4n) is 0.702. The van der Waals surface area contributed by atoms with Crippen molar-refractivity contribution >= 4 is 11.9 Å². The number of aliphatic imine (C=N–C) groups is 1. The molecule has 1 aromatic heterocycles. The first-order chi connectivity index (χ1) is 4.84. The number of rotatable bonds is 2. The van der Waals surface area contributed by atoms with Crippen LogP contribution in [0, 0.1) is 6.92 Å². The van der Waals surface area contributed by atoms with E-state index in [2.05, 4.69) is 11.9 Å². The van der Waals surface area contributed by atoms with Crippen molar-refractivity contribution in [3.05, 3.63) is 18.1 Å². The van der Waals surface area contributed by atoms with Crippen molar-refractivity contribution in [2.75, 3.05) is 0 Å². The van der Waals surface area contributed by atoms with Gasteiger partial charge in [0.05, 0.1) is 6.26 Å². The lowest BCUT2D eigenvalue weighted by Crippen LogP contribution is -1.67. The Balaban J connectivity index is 2.74. The monoisotopic (exact) mass is 137 g/mol. The molecule has 0 unspecified atom stereocenters. The summed E-state index contributed by atoms with van der Waals surface area (Å²) >= 11 is 0. The zero-order chi connectivity index (χ0) is 7.40. The third-order valence-electron chi connectivity index (χ3n) is 1.24. The van der Waals surface area contributed by atoms with Gasteiger partial charge >= 0.3 is 0 Å². The van der Waals surface area contributed by atoms with Crippen molar-refractivity contribution in [1.82, 2.24) is 0 Å². The summed E-state index contributed by atoms with van der Waals surface area (Å²) in [5.41, 5.74) is 0.932. The molecule has 10 heavy (non-hydrogen) atoms. The maximum atomic E-state index is 5.05. The molecule has 0 radical (unpaired) electrons. The predicted octanol–water partition coefficient (Wildman–Crippen LogP) is 2.70. The summed E-state index contributed by atoms with van der Waals surface area (Å²) in [6.45, 7) is 3.96. The van der Waals surface area contributed by atoms with E-state index in [4.69, 9.17) is 4.42 Å². The number of hydrogen-bond donors (Lipinski definition) is 0. The lowest BCUT2D eigenvalue weighted by Gasteiger charge is -1.85. The molecule has 54 valence electrons. The van der Waals surface area contributed by atoms with Gasteiger partial charge in [-0.2, -0.15) is 0 Å². The lowest BCUT2D eigenvalue weighted by atomic mass is 10.4. The Morgan fingerprint density at radius 2 is 2.50 bits per heavy atom. The smallest absolute Gasteiger partial charge is 0.126 e. The van der Waals surface area contributed by atoms with E-state index in [9.17, 15) is 0 Å². The van der Waals surface area contributed by atoms with Gasteiger partial charge < -0.3 is 4.42 Å². The summed E-state index contributed by atoms with van der Waals surface area (Å²) < 4.78 is 5.05. The molecule has 0 aromatic carbocycles. The van der Waals surface area contributed by atoms with Crippen LogP contribution in [0.2, 0.25) is 0 Å². The first-order valence-corrected chi connectivity index (χ1v) is 3.41. The largest absolute Gasteiger partial charge is 0.467 e. The Kier molecular flexibility index (Phi) is 2.26. The lowest BCUT2D eigenvalue weighted by molar-refractivity contribution is 0.535. The number of aryl methyl sites for hydroxylation is 1. The van der Waals surface area contributed by atoms with Crippen molar-refractivity contribution in [1.29, 1.82) is 0 Å². The maximum Gasteiger partial charge on any atom is 0.126 e. The van der Waals surface area contributed by atoms with Crippen LogP contribution in [0.3, 0.4) is 0 Å². The molecule has 0 spiro atoms. The van der Waals surface area contributed by atoms with Gasteiger partial charge in [0.25, 0.3) is 0 Å². The molecular weight excluding hydrogens is 126 g/mol. The minimum Gasteiger partial charge on any atom is -0.467 e. The van der Waals surface area contributed by atoms with Crippen LogP contribution in [0.15, 0.2) is 21.7 Å². The molecule has 0 aliphatic carbocycles. The quantitative estimate of drug-likeness (QED) is 0.575. The van der Waals surface area contributed by atoms with E-state index < -0.39 is 0 Å². The second-order valence-corrected chi connectivity index (χ2v) is 2.08. The predicted molar refractivity (Wildman–Crippen MR) is 41.9 cm³/mol. The van der Waals surface area contributed by atoms with Crippen molar-refractivity contribution in [3.63, 3.8) is 0 Å². The molecule has 2 nitrogen and oxygen atoms in total. The molecule has 1 rings (SSSR count). The minimum atomic E-state index is 0.879. The third kappa shape index (κ3) is 1.47. The molecule has 0 amide bonds. The van der Waals surface area contributed by atoms with Gasteiger partial charge in [-0.25, -0.2) is 0 Å². The van der Waals surface area contributed by atoms with Crippen molar-refractivity contribution in [2.24, 2.45) is 4.99 Å². The highest BCUT2D eigenvalue weighted by molar-refractivity contribution is 5.63. The van der Waals surface area contributed by atoms with E-state index in [1.807, 2.05) is 19.2 Å². The van der Waals surface area contributed by atoms with Crippen LogP contribution in [0.25, 0.3) is 0 Å². The Morgan fingerprint density at radius 1 is 1.70 bits per heavy atom. The van der Waals surface area contributed by atoms with Crippen LogP contribution in [-0.4, -0.2) is 6.21 Å². The topological polar surface area (TPSA) is 25.5 Å². The van der Waals surface area contributed by atoms with Gasteiger partial charge in [-0.05, 0) is 13.3 Å². The molecular formula is C8H11NO. The average molecular weight is 137 g/mol. The van der Waals surface area contributed by atoms with Crippen molar-refractivity contribution in [3.8, 4) is 0 Å². The van der Waals surface area contributed by atoms with E-state index in [0.29, 0.717) is 0 Å². The summed E-state index contributed by atoms with van der Waals surface area (Å²) in [5, 5.41) is 0. The van der Waals surface area contributed by atoms with Crippen LogP contribution >= 0.6 is 0 Å². The van der Waals surface area contributed by atoms with Crippen LogP contribution in [0.4, 0.5) is 5.69 Å². The fraction of sp³-hybridized carbons (Fsp3) is 0.375. The highest BCUT2D eigenvalue weighted by Crippen LogP contribution is 2.17. The normalized spacial score (nSPS) is 11.0. The van der Waals surface area contributed by atoms with Gasteiger partial charge in [-0.1, -0.05) is 6.92 Å². The number of furan rings is 1. The van der Waals surface area contributed by atoms with Crippen molar-refractivity contribution in [2.45, 2.75) is 20.3 Å². The van der Waals surface area contributed by atoms with E-state index in [1.165, 1.54) is 0 Å². The molecule has 1 heterocycles. The second kappa shape index (κ2) is 3.20. The van der Waals surface area contributed by atoms with Gasteiger partial charge in [-0.3, -0.25) is 4.99 Å². The van der Waals surface area contributed by atoms with Crippen LogP contribution in [-0.2, 0) is 0 Å². The summed E-state index contributed by atoms with van der Waals surface area (Å²) in [7, 11) is 0. The molecule has 0 bridgehead atoms. The Bertz CT molecular complexity index is 225. The number of hydrogen-bond acceptors (Lipinski definition) is 2. The molecule has 0 aliphatic heterocycles. The van der Waals surface area contributed by atoms with E-state index in [-0.39, 0.29) is 0 Å². The van der Waals surface area contributed by atoms with Crippen LogP contribution in [0.1, 0.15) is 19.1 Å². The summed E-state index contributed by atoms with van der Waals surface area (Å²) in [4.78, 5) is 4.17. The van der Waals surface area contributed by atoms with E-state index in [1.54, 1.807) is 6.26 Å². The summed E-state index contributed by atoms with van der Waals surface area (Å²) in [6.07, 6.45) is 4.49. The molecule has 0 saturated carbocycles. The highest BCUT2D eigenvalue weighted by atomic mass is 16.3. The number of nitrogens with zero attached hydrogens (tertiary/aromatic N) is 1. The SMILES string of the molecule is CC/C=N\c1ccoc1C. The molecule has 0 aliphatic rings. The summed E-state index contributed by atoms with van der Waals surface area (Å²) in [5.74, 6) is 0.879. The molecule has 1 aromatic rings. The van der Waals surface area contributed by atoms with Gasteiger partial charge in [0.2, 0.25) is 0 Å². The van der Waals surface area contributed by atoms with Crippen LogP contribution in [0.5, 0.6) is 0 Å².